The van der Waals surface area contributed by atoms with Gasteiger partial charge in [0.1, 0.15) is 6.54 Å². The summed E-state index contributed by atoms with van der Waals surface area (Å²) in [4.78, 5) is 35.6. The zero-order chi connectivity index (χ0) is 12.8. The fourth-order valence-corrected chi connectivity index (χ4v) is 1.27. The van der Waals surface area contributed by atoms with Gasteiger partial charge in [-0.05, 0) is 6.42 Å². The Bertz CT molecular complexity index is 487. The van der Waals surface area contributed by atoms with Crippen molar-refractivity contribution in [3.63, 3.8) is 0 Å². The first-order valence-corrected chi connectivity index (χ1v) is 5.26. The van der Waals surface area contributed by atoms with Gasteiger partial charge in [0.05, 0.1) is 12.6 Å². The molecule has 0 saturated heterocycles. The number of nitrogens with zero attached hydrogens (tertiary/aromatic N) is 1. The van der Waals surface area contributed by atoms with E-state index in [-0.39, 0.29) is 25.1 Å². The quantitative estimate of drug-likeness (QED) is 0.579. The van der Waals surface area contributed by atoms with E-state index in [2.05, 4.69) is 5.32 Å². The van der Waals surface area contributed by atoms with Crippen LogP contribution in [0.25, 0.3) is 0 Å². The van der Waals surface area contributed by atoms with Gasteiger partial charge in [0.2, 0.25) is 5.91 Å². The van der Waals surface area contributed by atoms with E-state index in [0.717, 1.165) is 10.6 Å². The first-order valence-electron chi connectivity index (χ1n) is 5.26. The molecule has 7 heteroatoms. The molecule has 1 aromatic rings. The van der Waals surface area contributed by atoms with Gasteiger partial charge in [-0.1, -0.05) is 6.92 Å². The molecule has 1 aromatic heterocycles. The van der Waals surface area contributed by atoms with Crippen molar-refractivity contribution < 1.29 is 9.90 Å². The summed E-state index contributed by atoms with van der Waals surface area (Å²) in [7, 11) is 0. The third-order valence-electron chi connectivity index (χ3n) is 2.29. The number of aromatic amines is 1. The predicted molar refractivity (Wildman–Crippen MR) is 60.6 cm³/mol. The maximum atomic E-state index is 11.5. The first kappa shape index (κ1) is 13.2. The molecule has 0 aliphatic heterocycles. The molecule has 0 aromatic carbocycles. The van der Waals surface area contributed by atoms with Crippen LogP contribution in [0.3, 0.4) is 0 Å². The van der Waals surface area contributed by atoms with E-state index in [1.54, 1.807) is 0 Å². The van der Waals surface area contributed by atoms with Crippen LogP contribution < -0.4 is 16.6 Å². The average Bonchev–Trinajstić information content (AvgIpc) is 2.29. The average molecular weight is 241 g/mol. The lowest BCUT2D eigenvalue weighted by Gasteiger charge is -2.14. The van der Waals surface area contributed by atoms with Crippen molar-refractivity contribution in [3.8, 4) is 0 Å². The number of carbonyl (C=O) groups is 1. The van der Waals surface area contributed by atoms with E-state index in [1.807, 2.05) is 11.9 Å². The van der Waals surface area contributed by atoms with E-state index in [0.29, 0.717) is 6.42 Å². The summed E-state index contributed by atoms with van der Waals surface area (Å²) >= 11 is 0. The van der Waals surface area contributed by atoms with Crippen LogP contribution in [0.2, 0.25) is 0 Å². The highest BCUT2D eigenvalue weighted by Gasteiger charge is 2.10. The van der Waals surface area contributed by atoms with Gasteiger partial charge in [-0.3, -0.25) is 19.1 Å². The molecule has 94 valence electrons. The molecule has 0 bridgehead atoms. The number of aliphatic hydroxyl groups excluding tert-OH is 1. The summed E-state index contributed by atoms with van der Waals surface area (Å²) in [6, 6.07) is 0.846. The summed E-state index contributed by atoms with van der Waals surface area (Å²) in [5.41, 5.74) is -1.14. The number of H-pyrrole nitrogens is 1. The highest BCUT2D eigenvalue weighted by molar-refractivity contribution is 5.76. The van der Waals surface area contributed by atoms with Gasteiger partial charge >= 0.3 is 5.69 Å². The minimum Gasteiger partial charge on any atom is -0.394 e. The fourth-order valence-electron chi connectivity index (χ4n) is 1.27. The second-order valence-electron chi connectivity index (χ2n) is 3.59. The Morgan fingerprint density at radius 3 is 2.82 bits per heavy atom. The zero-order valence-corrected chi connectivity index (χ0v) is 9.47. The minimum atomic E-state index is -0.635. The molecule has 1 amide bonds. The molecule has 1 atom stereocenters. The van der Waals surface area contributed by atoms with E-state index < -0.39 is 11.2 Å². The van der Waals surface area contributed by atoms with Crippen molar-refractivity contribution >= 4 is 5.91 Å². The molecule has 0 aliphatic carbocycles. The molecule has 0 fully saturated rings. The summed E-state index contributed by atoms with van der Waals surface area (Å²) in [5, 5.41) is 11.5. The molecule has 0 saturated carbocycles. The SMILES string of the molecule is CC[C@@H](CO)NC(=O)Cn1ccc(=O)[nH]c1=O. The number of carbonyl (C=O) groups excluding carboxylic acids is 1. The van der Waals surface area contributed by atoms with E-state index in [4.69, 9.17) is 5.11 Å². The maximum absolute atomic E-state index is 11.5. The largest absolute Gasteiger partial charge is 0.394 e. The molecule has 7 nitrogen and oxygen atoms in total. The fraction of sp³-hybridized carbons (Fsp3) is 0.500. The molecule has 0 radical (unpaired) electrons. The summed E-state index contributed by atoms with van der Waals surface area (Å²) in [6.45, 7) is 1.49. The number of hydrogen-bond acceptors (Lipinski definition) is 4. The summed E-state index contributed by atoms with van der Waals surface area (Å²) in [6.07, 6.45) is 1.85. The van der Waals surface area contributed by atoms with Crippen molar-refractivity contribution in [1.29, 1.82) is 0 Å². The van der Waals surface area contributed by atoms with Crippen molar-refractivity contribution in [2.24, 2.45) is 0 Å². The van der Waals surface area contributed by atoms with Crippen molar-refractivity contribution in [2.45, 2.75) is 25.9 Å². The molecule has 0 aliphatic rings. The number of amides is 1. The Labute approximate surface area is 97.1 Å². The van der Waals surface area contributed by atoms with Crippen LogP contribution in [0.15, 0.2) is 21.9 Å². The van der Waals surface area contributed by atoms with E-state index in [9.17, 15) is 14.4 Å². The van der Waals surface area contributed by atoms with Crippen molar-refractivity contribution in [1.82, 2.24) is 14.9 Å². The van der Waals surface area contributed by atoms with Gasteiger partial charge in [-0.25, -0.2) is 4.79 Å². The highest BCUT2D eigenvalue weighted by Crippen LogP contribution is 1.89. The Morgan fingerprint density at radius 1 is 1.59 bits per heavy atom. The van der Waals surface area contributed by atoms with Crippen molar-refractivity contribution in [2.75, 3.05) is 6.61 Å². The lowest BCUT2D eigenvalue weighted by molar-refractivity contribution is -0.122. The molecule has 0 spiro atoms. The maximum Gasteiger partial charge on any atom is 0.328 e. The standard InChI is InChI=1S/C10H15N3O4/c1-2-7(6-14)11-9(16)5-13-4-3-8(15)12-10(13)17/h3-4,7,14H,2,5-6H2,1H3,(H,11,16)(H,12,15,17)/t7-/m0/s1. The highest BCUT2D eigenvalue weighted by atomic mass is 16.3. The van der Waals surface area contributed by atoms with Gasteiger partial charge in [0, 0.05) is 12.3 Å². The Hall–Kier alpha value is -1.89. The summed E-state index contributed by atoms with van der Waals surface area (Å²) < 4.78 is 1.08. The van der Waals surface area contributed by atoms with Crippen LogP contribution in [0, 0.1) is 0 Å². The molecular weight excluding hydrogens is 226 g/mol. The predicted octanol–water partition coefficient (Wildman–Crippen LogP) is -1.58. The lowest BCUT2D eigenvalue weighted by Crippen LogP contribution is -2.41. The zero-order valence-electron chi connectivity index (χ0n) is 9.47. The monoisotopic (exact) mass is 241 g/mol. The Kier molecular flexibility index (Phi) is 4.65. The van der Waals surface area contributed by atoms with Crippen LogP contribution in [0.4, 0.5) is 0 Å². The van der Waals surface area contributed by atoms with Crippen LogP contribution >= 0.6 is 0 Å². The number of hydrogen-bond donors (Lipinski definition) is 3. The van der Waals surface area contributed by atoms with Gasteiger partial charge in [0.25, 0.3) is 5.56 Å². The van der Waals surface area contributed by atoms with Gasteiger partial charge in [-0.15, -0.1) is 0 Å². The number of aromatic nitrogens is 2. The molecule has 0 unspecified atom stereocenters. The molecule has 1 heterocycles. The number of rotatable bonds is 5. The molecule has 17 heavy (non-hydrogen) atoms. The first-order chi connectivity index (χ1) is 8.06. The van der Waals surface area contributed by atoms with Gasteiger partial charge in [0.15, 0.2) is 0 Å². The number of aliphatic hydroxyl groups is 1. The van der Waals surface area contributed by atoms with Gasteiger partial charge < -0.3 is 10.4 Å². The van der Waals surface area contributed by atoms with Crippen molar-refractivity contribution in [3.05, 3.63) is 33.1 Å². The Balaban J connectivity index is 2.68. The van der Waals surface area contributed by atoms with Crippen LogP contribution in [0.5, 0.6) is 0 Å². The second kappa shape index (κ2) is 6.00. The minimum absolute atomic E-state index is 0.150. The van der Waals surface area contributed by atoms with Crippen LogP contribution in [-0.2, 0) is 11.3 Å². The smallest absolute Gasteiger partial charge is 0.328 e. The van der Waals surface area contributed by atoms with Crippen LogP contribution in [-0.4, -0.2) is 33.2 Å². The normalized spacial score (nSPS) is 12.1. The summed E-state index contributed by atoms with van der Waals surface area (Å²) in [5.74, 6) is -0.389. The van der Waals surface area contributed by atoms with E-state index >= 15 is 0 Å². The Morgan fingerprint density at radius 2 is 2.29 bits per heavy atom. The van der Waals surface area contributed by atoms with Gasteiger partial charge in [-0.2, -0.15) is 0 Å². The topological polar surface area (TPSA) is 104 Å². The number of nitrogens with one attached hydrogen (secondary N) is 2. The molecular formula is C10H15N3O4. The third kappa shape index (κ3) is 3.87. The van der Waals surface area contributed by atoms with E-state index in [1.165, 1.54) is 6.20 Å². The molecule has 1 rings (SSSR count). The molecule has 3 N–H and O–H groups in total. The second-order valence-corrected chi connectivity index (χ2v) is 3.59. The van der Waals surface area contributed by atoms with Crippen LogP contribution in [0.1, 0.15) is 13.3 Å². The third-order valence-corrected chi connectivity index (χ3v) is 2.29. The lowest BCUT2D eigenvalue weighted by atomic mass is 10.2.